The average molecular weight is 959 g/mol. The maximum atomic E-state index is 7.34. The predicted octanol–water partition coefficient (Wildman–Crippen LogP) is 16.1. The van der Waals surface area contributed by atoms with E-state index in [2.05, 4.69) is 213 Å². The van der Waals surface area contributed by atoms with Crippen LogP contribution in [0.5, 0.6) is 23.0 Å². The summed E-state index contributed by atoms with van der Waals surface area (Å²) in [6.07, 6.45) is 10.9. The van der Waals surface area contributed by atoms with Crippen LogP contribution in [0, 0.1) is 20.8 Å². The largest absolute Gasteiger partial charge is 0.456 e. The van der Waals surface area contributed by atoms with Crippen LogP contribution in [0.15, 0.2) is 158 Å². The minimum absolute atomic E-state index is 0.234. The van der Waals surface area contributed by atoms with E-state index in [9.17, 15) is 0 Å². The van der Waals surface area contributed by atoms with Crippen molar-refractivity contribution in [3.05, 3.63) is 213 Å². The minimum Gasteiger partial charge on any atom is -0.456 e. The summed E-state index contributed by atoms with van der Waals surface area (Å²) in [6, 6.07) is 61.8. The molecule has 2 nitrogen and oxygen atoms in total. The van der Waals surface area contributed by atoms with Gasteiger partial charge in [-0.05, 0) is 142 Å². The molecule has 0 bridgehead atoms. The molecular weight excluding hydrogens is 889 g/mol. The first-order chi connectivity index (χ1) is 34.9. The lowest BCUT2D eigenvalue weighted by atomic mass is 9.73. The molecule has 4 aliphatic rings. The van der Waals surface area contributed by atoms with Crippen molar-refractivity contribution in [2.75, 3.05) is 0 Å². The molecule has 12 rings (SSSR count). The van der Waals surface area contributed by atoms with Gasteiger partial charge in [-0.3, -0.25) is 0 Å². The van der Waals surface area contributed by atoms with Crippen molar-refractivity contribution < 1.29 is 9.47 Å². The van der Waals surface area contributed by atoms with E-state index >= 15 is 0 Å². The number of benzene rings is 8. The van der Waals surface area contributed by atoms with Crippen molar-refractivity contribution >= 4 is 28.8 Å². The predicted molar refractivity (Wildman–Crippen MR) is 304 cm³/mol. The first-order valence-electron chi connectivity index (χ1n) is 27.2. The zero-order chi connectivity index (χ0) is 49.5. The standard InChI is InChI=1S/C69H70O2Si/c1-9-47-31-39-59-63(41-47)71-67-61(69(59,7)8)38-30-46(4)65(67)57-43-53(33-35-55(57)49-22-18-19-23-49)72(50-24-12-10-13-25-50,51-26-14-11-15-27-51)52-32-34-54(48-20-16-17-21-48)56(42-52)64-45(3)29-37-60-66(64)70-62-40-44(2)28-36-58(62)68(60,5)6/h10-15,24-43,48-49H,9,16-23H2,1-8H3. The zero-order valence-corrected chi connectivity index (χ0v) is 44.8. The normalized spacial score (nSPS) is 16.8. The number of ether oxygens (including phenoxy) is 2. The maximum Gasteiger partial charge on any atom is 0.179 e. The van der Waals surface area contributed by atoms with E-state index in [1.165, 1.54) is 150 Å². The Labute approximate surface area is 430 Å². The van der Waals surface area contributed by atoms with Gasteiger partial charge in [0.25, 0.3) is 0 Å². The van der Waals surface area contributed by atoms with E-state index in [1.54, 1.807) is 0 Å². The fraction of sp³-hybridized carbons (Fsp3) is 0.304. The lowest BCUT2D eigenvalue weighted by Crippen LogP contribution is -2.74. The van der Waals surface area contributed by atoms with Crippen molar-refractivity contribution in [1.82, 2.24) is 0 Å². The summed E-state index contributed by atoms with van der Waals surface area (Å²) < 4.78 is 14.6. The van der Waals surface area contributed by atoms with Gasteiger partial charge in [0.1, 0.15) is 23.0 Å². The van der Waals surface area contributed by atoms with Gasteiger partial charge in [0.15, 0.2) is 8.07 Å². The third-order valence-electron chi connectivity index (χ3n) is 18.0. The van der Waals surface area contributed by atoms with Crippen molar-refractivity contribution in [2.45, 2.75) is 136 Å². The summed E-state index contributed by atoms with van der Waals surface area (Å²) in [6.45, 7) is 18.6. The highest BCUT2D eigenvalue weighted by atomic mass is 28.3. The van der Waals surface area contributed by atoms with Gasteiger partial charge < -0.3 is 9.47 Å². The molecule has 2 heterocycles. The maximum absolute atomic E-state index is 7.34. The van der Waals surface area contributed by atoms with Crippen molar-refractivity contribution in [2.24, 2.45) is 0 Å². The van der Waals surface area contributed by atoms with E-state index < -0.39 is 8.07 Å². The fourth-order valence-corrected chi connectivity index (χ4v) is 18.7. The minimum atomic E-state index is -3.13. The van der Waals surface area contributed by atoms with Crippen molar-refractivity contribution in [1.29, 1.82) is 0 Å². The highest BCUT2D eigenvalue weighted by molar-refractivity contribution is 7.20. The van der Waals surface area contributed by atoms with Crippen LogP contribution < -0.4 is 30.2 Å². The van der Waals surface area contributed by atoms with Crippen molar-refractivity contribution in [3.8, 4) is 45.3 Å². The molecule has 2 fully saturated rings. The first kappa shape index (κ1) is 46.6. The van der Waals surface area contributed by atoms with Gasteiger partial charge in [-0.15, -0.1) is 0 Å². The van der Waals surface area contributed by atoms with E-state index in [0.29, 0.717) is 11.8 Å². The quantitative estimate of drug-likeness (QED) is 0.106. The average Bonchev–Trinajstić information content (AvgIpc) is 4.14. The molecule has 0 amide bonds. The van der Waals surface area contributed by atoms with Crippen LogP contribution in [0.25, 0.3) is 22.3 Å². The highest BCUT2D eigenvalue weighted by Gasteiger charge is 2.45. The van der Waals surface area contributed by atoms with Crippen LogP contribution in [0.3, 0.4) is 0 Å². The monoisotopic (exact) mass is 959 g/mol. The Bertz CT molecular complexity index is 3340. The zero-order valence-electron chi connectivity index (χ0n) is 43.8. The molecule has 362 valence electrons. The third-order valence-corrected chi connectivity index (χ3v) is 22.7. The van der Waals surface area contributed by atoms with Gasteiger partial charge in [-0.2, -0.15) is 0 Å². The molecule has 0 radical (unpaired) electrons. The smallest absolute Gasteiger partial charge is 0.179 e. The first-order valence-corrected chi connectivity index (χ1v) is 29.2. The Hall–Kier alpha value is -6.42. The second kappa shape index (κ2) is 18.0. The van der Waals surface area contributed by atoms with E-state index in [4.69, 9.17) is 9.47 Å². The molecule has 0 saturated heterocycles. The van der Waals surface area contributed by atoms with Gasteiger partial charge in [0.05, 0.1) is 0 Å². The Morgan fingerprint density at radius 2 is 0.875 bits per heavy atom. The number of rotatable bonds is 9. The Morgan fingerprint density at radius 1 is 0.444 bits per heavy atom. The number of fused-ring (bicyclic) bond motifs is 4. The second-order valence-electron chi connectivity index (χ2n) is 23.0. The Balaban J connectivity index is 1.15. The molecule has 0 spiro atoms. The molecule has 0 atom stereocenters. The molecule has 2 aliphatic heterocycles. The molecule has 3 heteroatoms. The summed E-state index contributed by atoms with van der Waals surface area (Å²) in [7, 11) is -3.13. The van der Waals surface area contributed by atoms with E-state index in [0.717, 1.165) is 29.4 Å². The molecule has 0 aromatic heterocycles. The number of aryl methyl sites for hydroxylation is 4. The molecule has 2 saturated carbocycles. The van der Waals surface area contributed by atoms with E-state index in [-0.39, 0.29) is 10.8 Å². The van der Waals surface area contributed by atoms with Crippen LogP contribution >= 0.6 is 0 Å². The summed E-state index contributed by atoms with van der Waals surface area (Å²) >= 11 is 0. The SMILES string of the molecule is CCc1ccc2c(c1)Oc1c(ccc(C)c1-c1cc([Si](c3ccccc3)(c3ccccc3)c3ccc(C4CCCC4)c(-c4c(C)ccc5c4Oc4cc(C)ccc4C5(C)C)c3)ccc1C1CCCC1)C2(C)C. The molecular formula is C69H70O2Si. The fourth-order valence-electron chi connectivity index (χ4n) is 13.9. The Kier molecular flexibility index (Phi) is 11.6. The van der Waals surface area contributed by atoms with Crippen LogP contribution in [-0.2, 0) is 17.3 Å². The number of hydrogen-bond acceptors (Lipinski definition) is 2. The lowest BCUT2D eigenvalue weighted by Gasteiger charge is -2.38. The number of hydrogen-bond donors (Lipinski definition) is 0. The van der Waals surface area contributed by atoms with E-state index in [1.807, 2.05) is 0 Å². The molecule has 2 aliphatic carbocycles. The van der Waals surface area contributed by atoms with Crippen LogP contribution in [0.2, 0.25) is 0 Å². The second-order valence-corrected chi connectivity index (χ2v) is 26.8. The van der Waals surface area contributed by atoms with Crippen LogP contribution in [0.4, 0.5) is 0 Å². The summed E-state index contributed by atoms with van der Waals surface area (Å²) in [4.78, 5) is 0. The van der Waals surface area contributed by atoms with Gasteiger partial charge in [0, 0.05) is 44.2 Å². The molecule has 0 N–H and O–H groups in total. The van der Waals surface area contributed by atoms with Gasteiger partial charge in [-0.25, -0.2) is 0 Å². The van der Waals surface area contributed by atoms with Crippen LogP contribution in [0.1, 0.15) is 153 Å². The van der Waals surface area contributed by atoms with Gasteiger partial charge in [-0.1, -0.05) is 206 Å². The Morgan fingerprint density at radius 3 is 1.33 bits per heavy atom. The molecule has 8 aromatic rings. The highest BCUT2D eigenvalue weighted by Crippen LogP contribution is 2.56. The summed E-state index contributed by atoms with van der Waals surface area (Å²) in [5.74, 6) is 5.00. The summed E-state index contributed by atoms with van der Waals surface area (Å²) in [5.41, 5.74) is 17.7. The van der Waals surface area contributed by atoms with Crippen LogP contribution in [-0.4, -0.2) is 8.07 Å². The third kappa shape index (κ3) is 7.39. The van der Waals surface area contributed by atoms with Crippen molar-refractivity contribution in [3.63, 3.8) is 0 Å². The molecule has 72 heavy (non-hydrogen) atoms. The van der Waals surface area contributed by atoms with Gasteiger partial charge >= 0.3 is 0 Å². The van der Waals surface area contributed by atoms with Gasteiger partial charge in [0.2, 0.25) is 0 Å². The lowest BCUT2D eigenvalue weighted by molar-refractivity contribution is 0.418. The molecule has 8 aromatic carbocycles. The molecule has 0 unspecified atom stereocenters. The topological polar surface area (TPSA) is 18.5 Å². The summed E-state index contributed by atoms with van der Waals surface area (Å²) in [5, 5.41) is 5.55.